The second kappa shape index (κ2) is 12.0. The van der Waals surface area contributed by atoms with E-state index in [9.17, 15) is 0 Å². The third-order valence-corrected chi connectivity index (χ3v) is 4.95. The van der Waals surface area contributed by atoms with E-state index in [1.807, 2.05) is 0 Å². The van der Waals surface area contributed by atoms with Crippen molar-refractivity contribution in [3.05, 3.63) is 15.6 Å². The van der Waals surface area contributed by atoms with Crippen LogP contribution in [0.2, 0.25) is 0 Å². The monoisotopic (exact) mass is 466 g/mol. The Morgan fingerprint density at radius 3 is 2.75 bits per heavy atom. The van der Waals surface area contributed by atoms with Crippen molar-refractivity contribution in [2.75, 3.05) is 32.8 Å². The second-order valence-electron chi connectivity index (χ2n) is 6.06. The first-order chi connectivity index (χ1) is 11.2. The molecule has 0 atom stereocenters. The minimum atomic E-state index is 0. The number of halogens is 1. The van der Waals surface area contributed by atoms with Crippen LogP contribution < -0.4 is 10.6 Å². The van der Waals surface area contributed by atoms with E-state index < -0.39 is 0 Å². The predicted molar refractivity (Wildman–Crippen MR) is 113 cm³/mol. The Morgan fingerprint density at radius 2 is 2.12 bits per heavy atom. The zero-order valence-corrected chi connectivity index (χ0v) is 18.2. The summed E-state index contributed by atoms with van der Waals surface area (Å²) < 4.78 is 5.63. The molecule has 0 unspecified atom stereocenters. The zero-order chi connectivity index (χ0) is 16.5. The van der Waals surface area contributed by atoms with Crippen LogP contribution in [0.1, 0.15) is 41.8 Å². The lowest BCUT2D eigenvalue weighted by molar-refractivity contribution is 0.123. The number of guanidine groups is 1. The van der Waals surface area contributed by atoms with Gasteiger partial charge in [-0.3, -0.25) is 4.99 Å². The fourth-order valence-corrected chi connectivity index (χ4v) is 3.10. The Hall–Kier alpha value is -0.410. The van der Waals surface area contributed by atoms with Crippen molar-refractivity contribution in [2.24, 2.45) is 10.9 Å². The maximum Gasteiger partial charge on any atom is 0.191 e. The molecule has 1 aliphatic rings. The van der Waals surface area contributed by atoms with Gasteiger partial charge < -0.3 is 15.4 Å². The molecule has 1 heterocycles. The van der Waals surface area contributed by atoms with Gasteiger partial charge in [0, 0.05) is 44.1 Å². The van der Waals surface area contributed by atoms with Gasteiger partial charge in [0.15, 0.2) is 5.96 Å². The summed E-state index contributed by atoms with van der Waals surface area (Å²) in [6.07, 6.45) is 4.62. The van der Waals surface area contributed by atoms with Crippen LogP contribution >= 0.6 is 35.3 Å². The Balaban J connectivity index is 0.00000288. The van der Waals surface area contributed by atoms with Gasteiger partial charge in [0.1, 0.15) is 0 Å². The van der Waals surface area contributed by atoms with Gasteiger partial charge in [-0.25, -0.2) is 4.98 Å². The van der Waals surface area contributed by atoms with E-state index in [2.05, 4.69) is 41.4 Å². The van der Waals surface area contributed by atoms with Gasteiger partial charge in [-0.15, -0.1) is 35.3 Å². The Morgan fingerprint density at radius 1 is 1.33 bits per heavy atom. The fraction of sp³-hybridized carbons (Fsp3) is 0.765. The first-order valence-corrected chi connectivity index (χ1v) is 9.53. The van der Waals surface area contributed by atoms with Crippen LogP contribution in [0.15, 0.2) is 4.99 Å². The average molecular weight is 466 g/mol. The van der Waals surface area contributed by atoms with Gasteiger partial charge in [0.2, 0.25) is 0 Å². The van der Waals surface area contributed by atoms with Gasteiger partial charge in [-0.05, 0) is 46.0 Å². The van der Waals surface area contributed by atoms with Crippen LogP contribution in [0.25, 0.3) is 0 Å². The predicted octanol–water partition coefficient (Wildman–Crippen LogP) is 3.29. The van der Waals surface area contributed by atoms with Crippen LogP contribution in [0, 0.1) is 19.8 Å². The highest BCUT2D eigenvalue weighted by molar-refractivity contribution is 14.0. The normalized spacial score (nSPS) is 14.4. The highest BCUT2D eigenvalue weighted by atomic mass is 127. The molecule has 5 nitrogen and oxygen atoms in total. The molecule has 0 aromatic carbocycles. The van der Waals surface area contributed by atoms with E-state index in [0.29, 0.717) is 0 Å². The largest absolute Gasteiger partial charge is 0.381 e. The lowest BCUT2D eigenvalue weighted by atomic mass is 10.4. The number of aromatic nitrogens is 1. The van der Waals surface area contributed by atoms with Gasteiger partial charge in [0.05, 0.1) is 10.7 Å². The zero-order valence-electron chi connectivity index (χ0n) is 15.1. The Labute approximate surface area is 167 Å². The molecule has 2 rings (SSSR count). The summed E-state index contributed by atoms with van der Waals surface area (Å²) in [5.41, 5.74) is 1.15. The Kier molecular flexibility index (Phi) is 10.8. The van der Waals surface area contributed by atoms with E-state index in [4.69, 9.17) is 4.74 Å². The molecule has 138 valence electrons. The molecule has 0 bridgehead atoms. The summed E-state index contributed by atoms with van der Waals surface area (Å²) in [4.78, 5) is 10.5. The summed E-state index contributed by atoms with van der Waals surface area (Å²) >= 11 is 1.79. The van der Waals surface area contributed by atoms with Crippen molar-refractivity contribution < 1.29 is 4.74 Å². The maximum atomic E-state index is 5.63. The van der Waals surface area contributed by atoms with E-state index in [-0.39, 0.29) is 24.0 Å². The number of nitrogens with zero attached hydrogens (tertiary/aromatic N) is 2. The highest BCUT2D eigenvalue weighted by Gasteiger charge is 2.20. The smallest absolute Gasteiger partial charge is 0.191 e. The summed E-state index contributed by atoms with van der Waals surface area (Å²) in [5.74, 6) is 1.73. The second-order valence-corrected chi connectivity index (χ2v) is 7.35. The highest BCUT2D eigenvalue weighted by Crippen LogP contribution is 2.28. The number of aliphatic imine (C=N–C) groups is 1. The molecular formula is C17H31IN4OS. The summed E-state index contributed by atoms with van der Waals surface area (Å²) in [7, 11) is 0. The molecule has 24 heavy (non-hydrogen) atoms. The molecule has 0 spiro atoms. The summed E-state index contributed by atoms with van der Waals surface area (Å²) in [6, 6.07) is 0. The fourth-order valence-electron chi connectivity index (χ4n) is 2.17. The number of rotatable bonds is 10. The molecule has 0 aliphatic heterocycles. The van der Waals surface area contributed by atoms with Crippen molar-refractivity contribution in [3.63, 3.8) is 0 Å². The van der Waals surface area contributed by atoms with Crippen molar-refractivity contribution in [1.29, 1.82) is 0 Å². The van der Waals surface area contributed by atoms with Gasteiger partial charge in [-0.1, -0.05) is 0 Å². The standard InChI is InChI=1S/C17H30N4OS.HI/c1-4-18-17(19-9-5-11-22-12-15-6-7-15)20-10-8-16-21-13(2)14(3)23-16;/h15H,4-12H2,1-3H3,(H2,18,19,20);1H. The molecule has 0 saturated heterocycles. The molecule has 0 radical (unpaired) electrons. The third kappa shape index (κ3) is 8.62. The number of thiazole rings is 1. The van der Waals surface area contributed by atoms with E-state index in [1.54, 1.807) is 11.3 Å². The van der Waals surface area contributed by atoms with Crippen molar-refractivity contribution in [3.8, 4) is 0 Å². The number of nitrogens with one attached hydrogen (secondary N) is 2. The van der Waals surface area contributed by atoms with Gasteiger partial charge in [0.25, 0.3) is 0 Å². The van der Waals surface area contributed by atoms with Crippen molar-refractivity contribution >= 4 is 41.3 Å². The number of aryl methyl sites for hydroxylation is 2. The minimum absolute atomic E-state index is 0. The molecule has 7 heteroatoms. The summed E-state index contributed by atoms with van der Waals surface area (Å²) in [5, 5.41) is 7.86. The lowest BCUT2D eigenvalue weighted by Crippen LogP contribution is -2.38. The van der Waals surface area contributed by atoms with Gasteiger partial charge in [-0.2, -0.15) is 0 Å². The van der Waals surface area contributed by atoms with Crippen molar-refractivity contribution in [2.45, 2.75) is 46.5 Å². The number of hydrogen-bond acceptors (Lipinski definition) is 4. The molecule has 1 aromatic heterocycles. The first kappa shape index (κ1) is 21.6. The van der Waals surface area contributed by atoms with Crippen LogP contribution in [0.3, 0.4) is 0 Å². The van der Waals surface area contributed by atoms with Crippen molar-refractivity contribution in [1.82, 2.24) is 15.6 Å². The molecule has 0 amide bonds. The van der Waals surface area contributed by atoms with Gasteiger partial charge >= 0.3 is 0 Å². The summed E-state index contributed by atoms with van der Waals surface area (Å²) in [6.45, 7) is 10.6. The number of hydrogen-bond donors (Lipinski definition) is 2. The first-order valence-electron chi connectivity index (χ1n) is 8.72. The number of ether oxygens (including phenoxy) is 1. The van der Waals surface area contributed by atoms with E-state index >= 15 is 0 Å². The van der Waals surface area contributed by atoms with E-state index in [0.717, 1.165) is 63.3 Å². The SMILES string of the molecule is CCNC(=NCCCOCC1CC1)NCCc1nc(C)c(C)s1.I. The topological polar surface area (TPSA) is 58.5 Å². The molecule has 1 fully saturated rings. The molecule has 2 N–H and O–H groups in total. The molecule has 1 aromatic rings. The average Bonchev–Trinajstić information content (AvgIpc) is 3.29. The molecule has 1 aliphatic carbocycles. The van der Waals surface area contributed by atoms with E-state index in [1.165, 1.54) is 22.7 Å². The maximum absolute atomic E-state index is 5.63. The lowest BCUT2D eigenvalue weighted by Gasteiger charge is -2.10. The van der Waals surface area contributed by atoms with Crippen LogP contribution in [-0.4, -0.2) is 43.8 Å². The Bertz CT molecular complexity index is 483. The third-order valence-electron chi connectivity index (χ3n) is 3.82. The molecule has 1 saturated carbocycles. The molecular weight excluding hydrogens is 435 g/mol. The van der Waals surface area contributed by atoms with Crippen LogP contribution in [-0.2, 0) is 11.2 Å². The van der Waals surface area contributed by atoms with Crippen LogP contribution in [0.4, 0.5) is 0 Å². The quantitative estimate of drug-likeness (QED) is 0.241. The van der Waals surface area contributed by atoms with Crippen LogP contribution in [0.5, 0.6) is 0 Å². The minimum Gasteiger partial charge on any atom is -0.381 e.